The second-order valence-electron chi connectivity index (χ2n) is 10.9. The Labute approximate surface area is 231 Å². The molecule has 0 radical (unpaired) electrons. The minimum absolute atomic E-state index is 0.120. The van der Waals surface area contributed by atoms with E-state index in [9.17, 15) is 20.1 Å². The molecule has 0 aromatic heterocycles. The quantitative estimate of drug-likeness (QED) is 0.0862. The molecular formula is C34H52O4. The van der Waals surface area contributed by atoms with Gasteiger partial charge in [-0.15, -0.1) is 0 Å². The molecule has 0 aliphatic rings. The highest BCUT2D eigenvalue weighted by Crippen LogP contribution is 2.46. The number of hydrogen-bond donors (Lipinski definition) is 3. The number of ketones is 1. The van der Waals surface area contributed by atoms with E-state index in [4.69, 9.17) is 0 Å². The zero-order chi connectivity index (χ0) is 27.6. The molecule has 0 saturated heterocycles. The summed E-state index contributed by atoms with van der Waals surface area (Å²) in [6, 6.07) is 11.6. The molecule has 0 amide bonds. The van der Waals surface area contributed by atoms with Crippen LogP contribution >= 0.6 is 0 Å². The molecule has 2 rings (SSSR count). The monoisotopic (exact) mass is 524 g/mol. The van der Waals surface area contributed by atoms with Crippen LogP contribution in [-0.2, 0) is 0 Å². The van der Waals surface area contributed by atoms with E-state index in [0.717, 1.165) is 44.1 Å². The van der Waals surface area contributed by atoms with Crippen LogP contribution in [0, 0.1) is 0 Å². The predicted molar refractivity (Wildman–Crippen MR) is 159 cm³/mol. The first kappa shape index (κ1) is 31.7. The Hall–Kier alpha value is -2.49. The molecule has 0 spiro atoms. The second kappa shape index (κ2) is 18.7. The van der Waals surface area contributed by atoms with Gasteiger partial charge in [-0.25, -0.2) is 0 Å². The Kier molecular flexibility index (Phi) is 15.6. The van der Waals surface area contributed by atoms with Crippen LogP contribution < -0.4 is 0 Å². The Morgan fingerprint density at radius 1 is 0.632 bits per heavy atom. The van der Waals surface area contributed by atoms with Crippen LogP contribution in [0.25, 0.3) is 0 Å². The van der Waals surface area contributed by atoms with Crippen molar-refractivity contribution in [2.24, 2.45) is 0 Å². The van der Waals surface area contributed by atoms with Crippen LogP contribution in [0.2, 0.25) is 0 Å². The van der Waals surface area contributed by atoms with Crippen molar-refractivity contribution in [3.8, 4) is 17.2 Å². The van der Waals surface area contributed by atoms with E-state index in [1.807, 2.05) is 30.3 Å². The fourth-order valence-electron chi connectivity index (χ4n) is 5.37. The van der Waals surface area contributed by atoms with Gasteiger partial charge in [0, 0.05) is 17.9 Å². The zero-order valence-corrected chi connectivity index (χ0v) is 24.0. The largest absolute Gasteiger partial charge is 0.504 e. The molecule has 0 bridgehead atoms. The third-order valence-corrected chi connectivity index (χ3v) is 7.76. The first-order valence-corrected chi connectivity index (χ1v) is 15.4. The number of rotatable bonds is 21. The van der Waals surface area contributed by atoms with Gasteiger partial charge in [-0.05, 0) is 24.5 Å². The van der Waals surface area contributed by atoms with Crippen molar-refractivity contribution in [3.05, 3.63) is 53.1 Å². The van der Waals surface area contributed by atoms with Gasteiger partial charge in [0.2, 0.25) is 5.75 Å². The molecule has 0 aliphatic heterocycles. The van der Waals surface area contributed by atoms with Crippen LogP contribution in [0.3, 0.4) is 0 Å². The number of aromatic hydroxyl groups is 3. The molecule has 2 aromatic carbocycles. The lowest BCUT2D eigenvalue weighted by Gasteiger charge is -2.21. The van der Waals surface area contributed by atoms with Crippen LogP contribution in [-0.4, -0.2) is 21.1 Å². The van der Waals surface area contributed by atoms with Crippen molar-refractivity contribution < 1.29 is 20.1 Å². The number of Topliss-reactive ketones (excluding diaryl/α,β-unsaturated/α-hetero) is 1. The van der Waals surface area contributed by atoms with Crippen LogP contribution in [0.5, 0.6) is 17.2 Å². The second-order valence-corrected chi connectivity index (χ2v) is 10.9. The molecule has 0 fully saturated rings. The maximum absolute atomic E-state index is 13.1. The van der Waals surface area contributed by atoms with Gasteiger partial charge in [0.1, 0.15) is 0 Å². The SMILES string of the molecule is CCCCCCCCCCC(=O)c1cc(C(CCCCCCCCCC)c2ccccc2)c(O)c(O)c1O. The van der Waals surface area contributed by atoms with E-state index < -0.39 is 11.5 Å². The molecule has 38 heavy (non-hydrogen) atoms. The van der Waals surface area contributed by atoms with Gasteiger partial charge < -0.3 is 15.3 Å². The molecule has 1 unspecified atom stereocenters. The Morgan fingerprint density at radius 2 is 1.13 bits per heavy atom. The topological polar surface area (TPSA) is 77.8 Å². The molecule has 0 heterocycles. The fraction of sp³-hybridized carbons (Fsp3) is 0.618. The summed E-state index contributed by atoms with van der Waals surface area (Å²) in [5.74, 6) is -1.74. The minimum atomic E-state index is -0.585. The average Bonchev–Trinajstić information content (AvgIpc) is 2.93. The first-order valence-electron chi connectivity index (χ1n) is 15.4. The lowest BCUT2D eigenvalue weighted by Crippen LogP contribution is -2.06. The van der Waals surface area contributed by atoms with Crippen LogP contribution in [0.4, 0.5) is 0 Å². The van der Waals surface area contributed by atoms with Gasteiger partial charge in [0.25, 0.3) is 0 Å². The highest BCUT2D eigenvalue weighted by molar-refractivity contribution is 6.00. The van der Waals surface area contributed by atoms with Gasteiger partial charge in [0.05, 0.1) is 5.56 Å². The molecule has 4 heteroatoms. The summed E-state index contributed by atoms with van der Waals surface area (Å²) in [5, 5.41) is 32.0. The van der Waals surface area contributed by atoms with Crippen molar-refractivity contribution in [2.45, 2.75) is 135 Å². The van der Waals surface area contributed by atoms with Crippen LogP contribution in [0.1, 0.15) is 157 Å². The number of benzene rings is 2. The molecule has 4 nitrogen and oxygen atoms in total. The smallest absolute Gasteiger partial charge is 0.201 e. The van der Waals surface area contributed by atoms with Crippen molar-refractivity contribution in [2.75, 3.05) is 0 Å². The molecule has 1 atom stereocenters. The Morgan fingerprint density at radius 3 is 1.68 bits per heavy atom. The van der Waals surface area contributed by atoms with Crippen molar-refractivity contribution in [1.82, 2.24) is 0 Å². The number of hydrogen-bond acceptors (Lipinski definition) is 4. The molecular weight excluding hydrogens is 472 g/mol. The zero-order valence-electron chi connectivity index (χ0n) is 24.0. The van der Waals surface area contributed by atoms with Gasteiger partial charge in [-0.3, -0.25) is 4.79 Å². The number of carbonyl (C=O) groups is 1. The van der Waals surface area contributed by atoms with Gasteiger partial charge in [-0.2, -0.15) is 0 Å². The van der Waals surface area contributed by atoms with E-state index in [-0.39, 0.29) is 23.0 Å². The van der Waals surface area contributed by atoms with Crippen molar-refractivity contribution in [3.63, 3.8) is 0 Å². The van der Waals surface area contributed by atoms with Gasteiger partial charge in [0.15, 0.2) is 17.3 Å². The predicted octanol–water partition coefficient (Wildman–Crippen LogP) is 10.2. The number of phenolic OH excluding ortho intramolecular Hbond substituents is 3. The van der Waals surface area contributed by atoms with Crippen LogP contribution in [0.15, 0.2) is 36.4 Å². The van der Waals surface area contributed by atoms with E-state index in [1.165, 1.54) is 70.6 Å². The molecule has 3 N–H and O–H groups in total. The molecule has 0 saturated carbocycles. The Bertz CT molecular complexity index is 922. The average molecular weight is 525 g/mol. The summed E-state index contributed by atoms with van der Waals surface area (Å²) >= 11 is 0. The summed E-state index contributed by atoms with van der Waals surface area (Å²) < 4.78 is 0. The van der Waals surface area contributed by atoms with E-state index in [2.05, 4.69) is 13.8 Å². The van der Waals surface area contributed by atoms with E-state index >= 15 is 0 Å². The summed E-state index contributed by atoms with van der Waals surface area (Å²) in [6.07, 6.45) is 20.0. The molecule has 0 aliphatic carbocycles. The minimum Gasteiger partial charge on any atom is -0.504 e. The first-order chi connectivity index (χ1) is 18.5. The summed E-state index contributed by atoms with van der Waals surface area (Å²) in [7, 11) is 0. The highest BCUT2D eigenvalue weighted by atomic mass is 16.3. The summed E-state index contributed by atoms with van der Waals surface area (Å²) in [4.78, 5) is 13.1. The summed E-state index contributed by atoms with van der Waals surface area (Å²) in [6.45, 7) is 4.45. The van der Waals surface area contributed by atoms with Crippen molar-refractivity contribution in [1.29, 1.82) is 0 Å². The maximum Gasteiger partial charge on any atom is 0.201 e. The Balaban J connectivity index is 2.07. The molecule has 2 aromatic rings. The number of phenols is 3. The van der Waals surface area contributed by atoms with Gasteiger partial charge >= 0.3 is 0 Å². The van der Waals surface area contributed by atoms with E-state index in [1.54, 1.807) is 6.07 Å². The van der Waals surface area contributed by atoms with E-state index in [0.29, 0.717) is 12.0 Å². The van der Waals surface area contributed by atoms with Gasteiger partial charge in [-0.1, -0.05) is 140 Å². The lowest BCUT2D eigenvalue weighted by molar-refractivity contribution is 0.0975. The third-order valence-electron chi connectivity index (χ3n) is 7.76. The van der Waals surface area contributed by atoms with Crippen molar-refractivity contribution >= 4 is 5.78 Å². The summed E-state index contributed by atoms with van der Waals surface area (Å²) in [5.41, 5.74) is 1.68. The maximum atomic E-state index is 13.1. The number of unbranched alkanes of at least 4 members (excludes halogenated alkanes) is 14. The molecule has 212 valence electrons. The lowest BCUT2D eigenvalue weighted by atomic mass is 9.84. The third kappa shape index (κ3) is 10.7. The standard InChI is InChI=1S/C34H52O4/c1-3-5-7-9-11-13-15-20-24-28(27-22-18-17-19-23-27)29-26-30(33(37)34(38)32(29)36)31(35)25-21-16-14-12-10-8-6-4-2/h17-19,22-23,26,28,36-38H,3-16,20-21,24-25H2,1-2H3. The normalized spacial score (nSPS) is 12.1. The highest BCUT2D eigenvalue weighted by Gasteiger charge is 2.26. The fourth-order valence-corrected chi connectivity index (χ4v) is 5.37. The number of carbonyl (C=O) groups excluding carboxylic acids is 1.